The monoisotopic (exact) mass is 253 g/mol. The fourth-order valence-electron chi connectivity index (χ4n) is 1.87. The Hall–Kier alpha value is -1.20. The van der Waals surface area contributed by atoms with Gasteiger partial charge in [0.2, 0.25) is 0 Å². The van der Waals surface area contributed by atoms with Crippen LogP contribution in [0.5, 0.6) is 5.75 Å². The molecule has 5 heteroatoms. The summed E-state index contributed by atoms with van der Waals surface area (Å²) in [5, 5.41) is 12.1. The molecule has 2 rings (SSSR count). The maximum Gasteiger partial charge on any atom is 0.321 e. The third-order valence-corrected chi connectivity index (χ3v) is 4.36. The number of ether oxygens (including phenoxy) is 1. The molecule has 17 heavy (non-hydrogen) atoms. The summed E-state index contributed by atoms with van der Waals surface area (Å²) in [5.74, 6) is 0.586. The second kappa shape index (κ2) is 4.58. The molecule has 1 aliphatic rings. The van der Waals surface area contributed by atoms with E-state index in [0.717, 1.165) is 11.3 Å². The van der Waals surface area contributed by atoms with Crippen molar-refractivity contribution in [3.05, 3.63) is 29.8 Å². The highest BCUT2D eigenvalue weighted by atomic mass is 32.2. The number of benzene rings is 1. The van der Waals surface area contributed by atoms with Gasteiger partial charge in [-0.2, -0.15) is 0 Å². The highest BCUT2D eigenvalue weighted by Gasteiger charge is 2.39. The maximum atomic E-state index is 10.9. The van der Waals surface area contributed by atoms with Gasteiger partial charge in [0.25, 0.3) is 0 Å². The molecular weight excluding hydrogens is 238 g/mol. The summed E-state index contributed by atoms with van der Waals surface area (Å²) in [7, 11) is 1.62. The van der Waals surface area contributed by atoms with Gasteiger partial charge in [0, 0.05) is 5.75 Å². The molecule has 0 amide bonds. The molecule has 0 spiro atoms. The van der Waals surface area contributed by atoms with Crippen LogP contribution in [0.2, 0.25) is 0 Å². The molecule has 0 aliphatic carbocycles. The minimum atomic E-state index is -0.797. The molecule has 1 aromatic carbocycles. The van der Waals surface area contributed by atoms with Gasteiger partial charge in [-0.05, 0) is 24.6 Å². The Morgan fingerprint density at radius 3 is 2.65 bits per heavy atom. The first-order valence-electron chi connectivity index (χ1n) is 5.34. The van der Waals surface area contributed by atoms with Gasteiger partial charge < -0.3 is 9.84 Å². The summed E-state index contributed by atoms with van der Waals surface area (Å²) >= 11 is 1.61. The zero-order valence-electron chi connectivity index (χ0n) is 9.77. The fourth-order valence-corrected chi connectivity index (χ4v) is 3.13. The lowest BCUT2D eigenvalue weighted by atomic mass is 10.1. The van der Waals surface area contributed by atoms with Crippen LogP contribution in [-0.2, 0) is 9.67 Å². The number of methoxy groups -OCH3 is 1. The number of hydrogen-bond acceptors (Lipinski definition) is 4. The van der Waals surface area contributed by atoms with Gasteiger partial charge >= 0.3 is 5.97 Å². The van der Waals surface area contributed by atoms with Gasteiger partial charge in [0.15, 0.2) is 0 Å². The molecule has 0 unspecified atom stereocenters. The van der Waals surface area contributed by atoms with Gasteiger partial charge in [-0.3, -0.25) is 10.1 Å². The Morgan fingerprint density at radius 1 is 1.53 bits per heavy atom. The van der Waals surface area contributed by atoms with Gasteiger partial charge in [0.05, 0.1) is 12.0 Å². The molecule has 4 nitrogen and oxygen atoms in total. The second-order valence-corrected chi connectivity index (χ2v) is 5.55. The first-order chi connectivity index (χ1) is 8.05. The van der Waals surface area contributed by atoms with Crippen LogP contribution in [0.25, 0.3) is 0 Å². The predicted molar refractivity (Wildman–Crippen MR) is 67.4 cm³/mol. The lowest BCUT2D eigenvalue weighted by Crippen LogP contribution is -2.41. The third-order valence-electron chi connectivity index (χ3n) is 2.93. The van der Waals surface area contributed by atoms with E-state index in [1.54, 1.807) is 18.9 Å². The van der Waals surface area contributed by atoms with Crippen LogP contribution < -0.4 is 10.1 Å². The van der Waals surface area contributed by atoms with Crippen molar-refractivity contribution in [2.45, 2.75) is 17.8 Å². The van der Waals surface area contributed by atoms with Crippen molar-refractivity contribution < 1.29 is 14.6 Å². The first kappa shape index (κ1) is 12.3. The van der Waals surface area contributed by atoms with Crippen LogP contribution in [0.3, 0.4) is 0 Å². The SMILES string of the molecule is COc1ccc([C@@]2(C)N[C@@H](C(=O)O)CS2)cc1. The average Bonchev–Trinajstić information content (AvgIpc) is 2.74. The minimum Gasteiger partial charge on any atom is -0.497 e. The summed E-state index contributed by atoms with van der Waals surface area (Å²) in [6.07, 6.45) is 0. The van der Waals surface area contributed by atoms with E-state index in [2.05, 4.69) is 5.32 Å². The Morgan fingerprint density at radius 2 is 2.18 bits per heavy atom. The van der Waals surface area contributed by atoms with Crippen LogP contribution >= 0.6 is 11.8 Å². The molecule has 92 valence electrons. The quantitative estimate of drug-likeness (QED) is 0.858. The van der Waals surface area contributed by atoms with Crippen molar-refractivity contribution in [2.75, 3.05) is 12.9 Å². The number of rotatable bonds is 3. The number of nitrogens with one attached hydrogen (secondary N) is 1. The largest absolute Gasteiger partial charge is 0.497 e. The summed E-state index contributed by atoms with van der Waals surface area (Å²) in [6, 6.07) is 7.21. The van der Waals surface area contributed by atoms with Gasteiger partial charge in [-0.15, -0.1) is 11.8 Å². The van der Waals surface area contributed by atoms with Crippen LogP contribution in [0, 0.1) is 0 Å². The molecule has 0 radical (unpaired) electrons. The maximum absolute atomic E-state index is 10.9. The molecule has 0 bridgehead atoms. The normalized spacial score (nSPS) is 28.0. The zero-order valence-corrected chi connectivity index (χ0v) is 10.6. The van der Waals surface area contributed by atoms with Gasteiger partial charge in [0.1, 0.15) is 11.8 Å². The summed E-state index contributed by atoms with van der Waals surface area (Å²) < 4.78 is 5.10. The molecule has 1 saturated heterocycles. The topological polar surface area (TPSA) is 58.6 Å². The van der Waals surface area contributed by atoms with Crippen LogP contribution in [0.1, 0.15) is 12.5 Å². The average molecular weight is 253 g/mol. The van der Waals surface area contributed by atoms with E-state index in [1.165, 1.54) is 0 Å². The fraction of sp³-hybridized carbons (Fsp3) is 0.417. The lowest BCUT2D eigenvalue weighted by Gasteiger charge is -2.24. The van der Waals surface area contributed by atoms with Crippen molar-refractivity contribution in [3.63, 3.8) is 0 Å². The molecule has 1 fully saturated rings. The standard InChI is InChI=1S/C12H15NO3S/c1-12(13-10(7-17-12)11(14)15)8-3-5-9(16-2)6-4-8/h3-6,10,13H,7H2,1-2H3,(H,14,15)/t10-,12+/m1/s1. The Balaban J connectivity index is 2.18. The number of carboxylic acid groups (broad SMARTS) is 1. The van der Waals surface area contributed by atoms with Crippen molar-refractivity contribution in [2.24, 2.45) is 0 Å². The summed E-state index contributed by atoms with van der Waals surface area (Å²) in [5.41, 5.74) is 1.06. The molecule has 1 aliphatic heterocycles. The highest BCUT2D eigenvalue weighted by molar-refractivity contribution is 8.00. The summed E-state index contributed by atoms with van der Waals surface area (Å²) in [6.45, 7) is 2.00. The first-order valence-corrected chi connectivity index (χ1v) is 6.33. The number of hydrogen-bond donors (Lipinski definition) is 2. The zero-order chi connectivity index (χ0) is 12.5. The van der Waals surface area contributed by atoms with Crippen LogP contribution in [-0.4, -0.2) is 30.0 Å². The summed E-state index contributed by atoms with van der Waals surface area (Å²) in [4.78, 5) is 10.6. The van der Waals surface area contributed by atoms with Gasteiger partial charge in [-0.25, -0.2) is 0 Å². The Bertz CT molecular complexity index is 420. The molecule has 0 saturated carbocycles. The number of aliphatic carboxylic acids is 1. The van der Waals surface area contributed by atoms with Crippen molar-refractivity contribution in [1.82, 2.24) is 5.32 Å². The molecule has 1 aromatic rings. The van der Waals surface area contributed by atoms with E-state index in [0.29, 0.717) is 5.75 Å². The van der Waals surface area contributed by atoms with Crippen molar-refractivity contribution in [1.29, 1.82) is 0 Å². The lowest BCUT2D eigenvalue weighted by molar-refractivity contribution is -0.138. The van der Waals surface area contributed by atoms with E-state index in [4.69, 9.17) is 9.84 Å². The van der Waals surface area contributed by atoms with Crippen LogP contribution in [0.4, 0.5) is 0 Å². The molecule has 2 N–H and O–H groups in total. The molecule has 2 atom stereocenters. The van der Waals surface area contributed by atoms with E-state index in [9.17, 15) is 4.79 Å². The molecule has 0 aromatic heterocycles. The molecular formula is C12H15NO3S. The van der Waals surface area contributed by atoms with E-state index >= 15 is 0 Å². The van der Waals surface area contributed by atoms with Crippen molar-refractivity contribution >= 4 is 17.7 Å². The highest BCUT2D eigenvalue weighted by Crippen LogP contribution is 2.39. The van der Waals surface area contributed by atoms with E-state index < -0.39 is 12.0 Å². The smallest absolute Gasteiger partial charge is 0.321 e. The predicted octanol–water partition coefficient (Wildman–Crippen LogP) is 1.66. The van der Waals surface area contributed by atoms with Crippen LogP contribution in [0.15, 0.2) is 24.3 Å². The molecule has 1 heterocycles. The third kappa shape index (κ3) is 2.40. The number of carbonyl (C=O) groups is 1. The Kier molecular flexibility index (Phi) is 3.31. The minimum absolute atomic E-state index is 0.338. The number of carboxylic acids is 1. The van der Waals surface area contributed by atoms with Gasteiger partial charge in [-0.1, -0.05) is 12.1 Å². The Labute approximate surface area is 104 Å². The number of thioether (sulfide) groups is 1. The van der Waals surface area contributed by atoms with E-state index in [1.807, 2.05) is 31.2 Å². The van der Waals surface area contributed by atoms with Crippen molar-refractivity contribution in [3.8, 4) is 5.75 Å². The second-order valence-electron chi connectivity index (χ2n) is 4.11. The van der Waals surface area contributed by atoms with E-state index in [-0.39, 0.29) is 4.87 Å².